The van der Waals surface area contributed by atoms with Crippen LogP contribution < -0.4 is 0 Å². The average Bonchev–Trinajstić information content (AvgIpc) is 2.47. The van der Waals surface area contributed by atoms with E-state index in [1.165, 1.54) is 16.7 Å². The molecule has 0 aromatic heterocycles. The molecule has 0 bridgehead atoms. The molecule has 100 valence electrons. The van der Waals surface area contributed by atoms with Gasteiger partial charge in [-0.25, -0.2) is 0 Å². The van der Waals surface area contributed by atoms with Crippen LogP contribution in [0.3, 0.4) is 0 Å². The number of carboxylic acid groups (broad SMARTS) is 1. The molecular weight excluding hydrogens is 248 g/mol. The van der Waals surface area contributed by atoms with Gasteiger partial charge in [-0.05, 0) is 40.7 Å². The first-order valence-electron chi connectivity index (χ1n) is 6.84. The molecule has 1 N–H and O–H groups in total. The Hall–Kier alpha value is -2.35. The van der Waals surface area contributed by atoms with Gasteiger partial charge in [-0.1, -0.05) is 54.6 Å². The highest BCUT2D eigenvalue weighted by Crippen LogP contribution is 2.33. The van der Waals surface area contributed by atoms with Gasteiger partial charge in [-0.3, -0.25) is 4.79 Å². The molecule has 0 fully saturated rings. The summed E-state index contributed by atoms with van der Waals surface area (Å²) in [5, 5.41) is 9.07. The largest absolute Gasteiger partial charge is 0.481 e. The van der Waals surface area contributed by atoms with Crippen LogP contribution in [0.25, 0.3) is 5.57 Å². The molecule has 3 rings (SSSR count). The topological polar surface area (TPSA) is 37.3 Å². The van der Waals surface area contributed by atoms with Gasteiger partial charge in [-0.15, -0.1) is 0 Å². The van der Waals surface area contributed by atoms with E-state index < -0.39 is 5.97 Å². The Labute approximate surface area is 118 Å². The van der Waals surface area contributed by atoms with E-state index in [9.17, 15) is 4.79 Å². The van der Waals surface area contributed by atoms with Gasteiger partial charge in [-0.2, -0.15) is 0 Å². The van der Waals surface area contributed by atoms with E-state index in [0.717, 1.165) is 24.0 Å². The number of hydrogen-bond donors (Lipinski definition) is 1. The fourth-order valence-corrected chi connectivity index (χ4v) is 2.84. The lowest BCUT2D eigenvalue weighted by atomic mass is 9.85. The number of allylic oxidation sites excluding steroid dienone is 1. The molecule has 2 aromatic carbocycles. The number of hydrogen-bond acceptors (Lipinski definition) is 1. The van der Waals surface area contributed by atoms with Crippen molar-refractivity contribution in [3.63, 3.8) is 0 Å². The molecule has 0 radical (unpaired) electrons. The lowest BCUT2D eigenvalue weighted by Crippen LogP contribution is -2.06. The van der Waals surface area contributed by atoms with E-state index in [4.69, 9.17) is 5.11 Å². The maximum absolute atomic E-state index is 11.0. The number of benzene rings is 2. The molecule has 1 aliphatic carbocycles. The normalized spacial score (nSPS) is 13.5. The fraction of sp³-hybridized carbons (Fsp3) is 0.167. The summed E-state index contributed by atoms with van der Waals surface area (Å²) in [5.74, 6) is -0.790. The molecular formula is C18H16O2. The quantitative estimate of drug-likeness (QED) is 0.918. The van der Waals surface area contributed by atoms with Crippen LogP contribution in [0.15, 0.2) is 54.6 Å². The van der Waals surface area contributed by atoms with Gasteiger partial charge < -0.3 is 5.11 Å². The number of carboxylic acids is 1. The van der Waals surface area contributed by atoms with Crippen LogP contribution in [0.1, 0.15) is 28.7 Å². The molecule has 0 atom stereocenters. The fourth-order valence-electron chi connectivity index (χ4n) is 2.84. The molecule has 0 spiro atoms. The van der Waals surface area contributed by atoms with Gasteiger partial charge in [0.25, 0.3) is 0 Å². The van der Waals surface area contributed by atoms with Gasteiger partial charge >= 0.3 is 5.97 Å². The van der Waals surface area contributed by atoms with E-state index in [0.29, 0.717) is 0 Å². The third kappa shape index (κ3) is 2.37. The van der Waals surface area contributed by atoms with Crippen LogP contribution in [0, 0.1) is 0 Å². The first-order valence-corrected chi connectivity index (χ1v) is 6.84. The van der Waals surface area contributed by atoms with Crippen molar-refractivity contribution >= 4 is 11.5 Å². The number of rotatable bonds is 3. The van der Waals surface area contributed by atoms with Crippen molar-refractivity contribution in [2.24, 2.45) is 0 Å². The molecule has 0 aliphatic heterocycles. The van der Waals surface area contributed by atoms with Gasteiger partial charge in [0, 0.05) is 0 Å². The molecule has 20 heavy (non-hydrogen) atoms. The third-order valence-corrected chi connectivity index (χ3v) is 3.72. The Morgan fingerprint density at radius 1 is 1.00 bits per heavy atom. The molecule has 0 heterocycles. The Balaban J connectivity index is 2.10. The van der Waals surface area contributed by atoms with Crippen LogP contribution in [-0.2, 0) is 17.6 Å². The zero-order chi connectivity index (χ0) is 13.9. The van der Waals surface area contributed by atoms with Crippen molar-refractivity contribution in [1.82, 2.24) is 0 Å². The second kappa shape index (κ2) is 5.33. The maximum atomic E-state index is 11.0. The predicted molar refractivity (Wildman–Crippen MR) is 79.6 cm³/mol. The van der Waals surface area contributed by atoms with Gasteiger partial charge in [0.2, 0.25) is 0 Å². The summed E-state index contributed by atoms with van der Waals surface area (Å²) in [4.78, 5) is 11.0. The third-order valence-electron chi connectivity index (χ3n) is 3.72. The number of aliphatic carboxylic acids is 1. The monoisotopic (exact) mass is 264 g/mol. The minimum atomic E-state index is -0.790. The highest BCUT2D eigenvalue weighted by molar-refractivity contribution is 5.85. The zero-order valence-corrected chi connectivity index (χ0v) is 11.2. The minimum Gasteiger partial charge on any atom is -0.481 e. The highest BCUT2D eigenvalue weighted by atomic mass is 16.4. The Morgan fingerprint density at radius 3 is 2.50 bits per heavy atom. The van der Waals surface area contributed by atoms with Crippen LogP contribution in [0.4, 0.5) is 0 Å². The molecule has 2 heteroatoms. The Kier molecular flexibility index (Phi) is 3.38. The summed E-state index contributed by atoms with van der Waals surface area (Å²) in [6.07, 6.45) is 4.35. The van der Waals surface area contributed by atoms with Crippen molar-refractivity contribution in [2.45, 2.75) is 19.3 Å². The number of fused-ring (bicyclic) bond motifs is 1. The molecule has 2 nitrogen and oxygen atoms in total. The lowest BCUT2D eigenvalue weighted by molar-refractivity contribution is -0.136. The Morgan fingerprint density at radius 2 is 1.70 bits per heavy atom. The molecule has 1 aliphatic rings. The van der Waals surface area contributed by atoms with Crippen molar-refractivity contribution in [3.8, 4) is 0 Å². The van der Waals surface area contributed by atoms with E-state index in [1.807, 2.05) is 30.3 Å². The SMILES string of the molecule is O=C(O)Cc1ccccc1C1=CCCc2ccccc21. The molecule has 0 amide bonds. The summed E-state index contributed by atoms with van der Waals surface area (Å²) in [6, 6.07) is 16.2. The summed E-state index contributed by atoms with van der Waals surface area (Å²) >= 11 is 0. The van der Waals surface area contributed by atoms with Crippen molar-refractivity contribution < 1.29 is 9.90 Å². The molecule has 0 saturated heterocycles. The van der Waals surface area contributed by atoms with Crippen molar-refractivity contribution in [3.05, 3.63) is 76.9 Å². The summed E-state index contributed by atoms with van der Waals surface area (Å²) < 4.78 is 0. The maximum Gasteiger partial charge on any atom is 0.307 e. The number of aryl methyl sites for hydroxylation is 1. The van der Waals surface area contributed by atoms with Gasteiger partial charge in [0.05, 0.1) is 6.42 Å². The molecule has 0 unspecified atom stereocenters. The molecule has 2 aromatic rings. The van der Waals surface area contributed by atoms with Crippen LogP contribution in [0.2, 0.25) is 0 Å². The van der Waals surface area contributed by atoms with E-state index >= 15 is 0 Å². The van der Waals surface area contributed by atoms with Crippen LogP contribution >= 0.6 is 0 Å². The van der Waals surface area contributed by atoms with Crippen LogP contribution in [0.5, 0.6) is 0 Å². The highest BCUT2D eigenvalue weighted by Gasteiger charge is 2.16. The first-order chi connectivity index (χ1) is 9.75. The van der Waals surface area contributed by atoms with Gasteiger partial charge in [0.1, 0.15) is 0 Å². The predicted octanol–water partition coefficient (Wildman–Crippen LogP) is 3.69. The Bertz CT molecular complexity index is 683. The van der Waals surface area contributed by atoms with E-state index in [-0.39, 0.29) is 6.42 Å². The summed E-state index contributed by atoms with van der Waals surface area (Å²) in [7, 11) is 0. The van der Waals surface area contributed by atoms with Crippen LogP contribution in [-0.4, -0.2) is 11.1 Å². The van der Waals surface area contributed by atoms with E-state index in [1.54, 1.807) is 0 Å². The summed E-state index contributed by atoms with van der Waals surface area (Å²) in [6.45, 7) is 0. The second-order valence-corrected chi connectivity index (χ2v) is 5.04. The second-order valence-electron chi connectivity index (χ2n) is 5.04. The number of carbonyl (C=O) groups is 1. The van der Waals surface area contributed by atoms with Crippen molar-refractivity contribution in [2.75, 3.05) is 0 Å². The average molecular weight is 264 g/mol. The zero-order valence-electron chi connectivity index (χ0n) is 11.2. The minimum absolute atomic E-state index is 0.0652. The van der Waals surface area contributed by atoms with E-state index in [2.05, 4.69) is 24.3 Å². The van der Waals surface area contributed by atoms with Gasteiger partial charge in [0.15, 0.2) is 0 Å². The molecule has 0 saturated carbocycles. The lowest BCUT2D eigenvalue weighted by Gasteiger charge is -2.20. The standard InChI is InChI=1S/C18H16O2/c19-18(20)12-14-7-2-4-10-16(14)17-11-5-8-13-6-1-3-9-15(13)17/h1-4,6-7,9-11H,5,8,12H2,(H,19,20). The first kappa shape index (κ1) is 12.7. The van der Waals surface area contributed by atoms with Crippen molar-refractivity contribution in [1.29, 1.82) is 0 Å². The smallest absolute Gasteiger partial charge is 0.307 e. The summed E-state index contributed by atoms with van der Waals surface area (Å²) in [5.41, 5.74) is 5.67.